The van der Waals surface area contributed by atoms with Gasteiger partial charge in [-0.05, 0) is 12.1 Å². The van der Waals surface area contributed by atoms with Crippen LogP contribution in [0.25, 0.3) is 22.3 Å². The number of H-pyrrole nitrogens is 1. The first-order chi connectivity index (χ1) is 13.8. The van der Waals surface area contributed by atoms with Gasteiger partial charge in [0.05, 0.1) is 17.8 Å². The number of aryl methyl sites for hydroxylation is 1. The van der Waals surface area contributed by atoms with Crippen LogP contribution in [-0.2, 0) is 25.3 Å². The maximum Gasteiger partial charge on any atom is 0.332 e. The van der Waals surface area contributed by atoms with E-state index < -0.39 is 11.2 Å². The molecule has 0 unspecified atom stereocenters. The molecule has 148 valence electrons. The van der Waals surface area contributed by atoms with Crippen LogP contribution in [-0.4, -0.2) is 30.2 Å². The standard InChI is InChI=1S/C18H15ClN6O3S/c1-24-15-14(16(27)25(2)18(24)28)11(22-23-15)7-13(26)21-17-20-12(8-29-17)9-3-5-10(19)6-4-9/h3-6,8H,7H2,1-2H3,(H,22,23)(H,20,21,26). The number of hydrogen-bond donors (Lipinski definition) is 2. The Morgan fingerprint density at radius 1 is 1.21 bits per heavy atom. The number of aromatic amines is 1. The summed E-state index contributed by atoms with van der Waals surface area (Å²) in [5.41, 5.74) is 1.16. The molecule has 4 aromatic rings. The highest BCUT2D eigenvalue weighted by molar-refractivity contribution is 7.14. The Morgan fingerprint density at radius 2 is 1.93 bits per heavy atom. The Kier molecular flexibility index (Phi) is 4.81. The Morgan fingerprint density at radius 3 is 2.66 bits per heavy atom. The lowest BCUT2D eigenvalue weighted by molar-refractivity contribution is -0.115. The van der Waals surface area contributed by atoms with E-state index in [2.05, 4.69) is 20.5 Å². The van der Waals surface area contributed by atoms with Crippen LogP contribution in [0.4, 0.5) is 5.13 Å². The highest BCUT2D eigenvalue weighted by Crippen LogP contribution is 2.26. The summed E-state index contributed by atoms with van der Waals surface area (Å²) in [5.74, 6) is -0.358. The van der Waals surface area contributed by atoms with Gasteiger partial charge in [0, 0.05) is 30.1 Å². The molecule has 3 heterocycles. The summed E-state index contributed by atoms with van der Waals surface area (Å²) in [6.07, 6.45) is -0.111. The molecule has 3 aromatic heterocycles. The van der Waals surface area contributed by atoms with Crippen molar-refractivity contribution in [3.05, 3.63) is 61.2 Å². The van der Waals surface area contributed by atoms with Gasteiger partial charge in [0.25, 0.3) is 5.56 Å². The van der Waals surface area contributed by atoms with Gasteiger partial charge in [-0.2, -0.15) is 5.10 Å². The highest BCUT2D eigenvalue weighted by atomic mass is 35.5. The quantitative estimate of drug-likeness (QED) is 0.513. The summed E-state index contributed by atoms with van der Waals surface area (Å²) < 4.78 is 2.24. The third kappa shape index (κ3) is 3.47. The van der Waals surface area contributed by atoms with Crippen molar-refractivity contribution in [1.29, 1.82) is 0 Å². The number of thiazole rings is 1. The molecule has 0 aliphatic heterocycles. The van der Waals surface area contributed by atoms with Crippen LogP contribution in [0.15, 0.2) is 39.2 Å². The molecule has 1 aromatic carbocycles. The maximum absolute atomic E-state index is 12.5. The average Bonchev–Trinajstić information content (AvgIpc) is 3.32. The van der Waals surface area contributed by atoms with E-state index in [1.54, 1.807) is 12.1 Å². The van der Waals surface area contributed by atoms with Gasteiger partial charge in [-0.1, -0.05) is 23.7 Å². The van der Waals surface area contributed by atoms with Crippen LogP contribution < -0.4 is 16.6 Å². The molecule has 9 nitrogen and oxygen atoms in total. The molecule has 0 spiro atoms. The van der Waals surface area contributed by atoms with Crippen molar-refractivity contribution in [1.82, 2.24) is 24.3 Å². The normalized spacial score (nSPS) is 11.1. The Labute approximate surface area is 172 Å². The zero-order valence-corrected chi connectivity index (χ0v) is 17.0. The van der Waals surface area contributed by atoms with Gasteiger partial charge < -0.3 is 5.32 Å². The molecular weight excluding hydrogens is 416 g/mol. The molecular formula is C18H15ClN6O3S. The van der Waals surface area contributed by atoms with E-state index in [1.165, 1.54) is 30.0 Å². The predicted octanol–water partition coefficient (Wildman–Crippen LogP) is 1.92. The van der Waals surface area contributed by atoms with Crippen molar-refractivity contribution >= 4 is 45.0 Å². The zero-order valence-electron chi connectivity index (χ0n) is 15.4. The third-order valence-electron chi connectivity index (χ3n) is 4.46. The summed E-state index contributed by atoms with van der Waals surface area (Å²) in [6.45, 7) is 0. The Bertz CT molecular complexity index is 1350. The molecule has 2 N–H and O–H groups in total. The van der Waals surface area contributed by atoms with E-state index in [1.807, 2.05) is 17.5 Å². The van der Waals surface area contributed by atoms with Crippen molar-refractivity contribution in [3.8, 4) is 11.3 Å². The van der Waals surface area contributed by atoms with Gasteiger partial charge >= 0.3 is 5.69 Å². The number of fused-ring (bicyclic) bond motifs is 1. The number of carbonyl (C=O) groups excluding carboxylic acids is 1. The van der Waals surface area contributed by atoms with Gasteiger partial charge in [-0.15, -0.1) is 11.3 Å². The zero-order chi connectivity index (χ0) is 20.7. The van der Waals surface area contributed by atoms with E-state index in [9.17, 15) is 14.4 Å². The molecule has 0 saturated heterocycles. The number of nitrogens with one attached hydrogen (secondary N) is 2. The van der Waals surface area contributed by atoms with E-state index in [0.717, 1.165) is 15.8 Å². The maximum atomic E-state index is 12.5. The van der Waals surface area contributed by atoms with Gasteiger partial charge in [0.1, 0.15) is 5.39 Å². The van der Waals surface area contributed by atoms with E-state index in [0.29, 0.717) is 15.8 Å². The molecule has 0 bridgehead atoms. The minimum Gasteiger partial charge on any atom is -0.302 e. The van der Waals surface area contributed by atoms with Crippen LogP contribution in [0.3, 0.4) is 0 Å². The number of amides is 1. The SMILES string of the molecule is Cn1c(=O)c2c(CC(=O)Nc3nc(-c4ccc(Cl)cc4)cs3)[nH]nc2n(C)c1=O. The first-order valence-corrected chi connectivity index (χ1v) is 9.75. The topological polar surface area (TPSA) is 115 Å². The van der Waals surface area contributed by atoms with Crippen molar-refractivity contribution in [2.24, 2.45) is 14.1 Å². The summed E-state index contributed by atoms with van der Waals surface area (Å²) in [5, 5.41) is 12.5. The second kappa shape index (κ2) is 7.30. The average molecular weight is 431 g/mol. The van der Waals surface area contributed by atoms with Gasteiger partial charge in [-0.25, -0.2) is 9.78 Å². The summed E-state index contributed by atoms with van der Waals surface area (Å²) in [4.78, 5) is 41.3. The molecule has 1 amide bonds. The lowest BCUT2D eigenvalue weighted by atomic mass is 10.2. The minimum absolute atomic E-state index is 0.111. The minimum atomic E-state index is -0.501. The molecule has 11 heteroatoms. The molecule has 0 aliphatic rings. The predicted molar refractivity (Wildman–Crippen MR) is 111 cm³/mol. The number of benzene rings is 1. The van der Waals surface area contributed by atoms with E-state index >= 15 is 0 Å². The van der Waals surface area contributed by atoms with Gasteiger partial charge in [-0.3, -0.25) is 23.8 Å². The van der Waals surface area contributed by atoms with Gasteiger partial charge in [0.2, 0.25) is 5.91 Å². The van der Waals surface area contributed by atoms with Crippen LogP contribution >= 0.6 is 22.9 Å². The summed E-state index contributed by atoms with van der Waals surface area (Å²) in [6, 6.07) is 7.23. The fourth-order valence-corrected chi connectivity index (χ4v) is 3.80. The first kappa shape index (κ1) is 19.1. The van der Waals surface area contributed by atoms with Crippen molar-refractivity contribution in [2.75, 3.05) is 5.32 Å². The number of aromatic nitrogens is 5. The largest absolute Gasteiger partial charge is 0.332 e. The molecule has 0 saturated carbocycles. The fraction of sp³-hybridized carbons (Fsp3) is 0.167. The third-order valence-corrected chi connectivity index (χ3v) is 5.47. The lowest BCUT2D eigenvalue weighted by Gasteiger charge is -2.03. The van der Waals surface area contributed by atoms with Gasteiger partial charge in [0.15, 0.2) is 10.8 Å². The molecule has 0 aliphatic carbocycles. The van der Waals surface area contributed by atoms with Crippen molar-refractivity contribution in [3.63, 3.8) is 0 Å². The van der Waals surface area contributed by atoms with Crippen LogP contribution in [0.2, 0.25) is 5.02 Å². The second-order valence-electron chi connectivity index (χ2n) is 6.38. The Hall–Kier alpha value is -3.24. The van der Waals surface area contributed by atoms with Crippen molar-refractivity contribution < 1.29 is 4.79 Å². The summed E-state index contributed by atoms with van der Waals surface area (Å²) >= 11 is 7.19. The van der Waals surface area contributed by atoms with Crippen LogP contribution in [0, 0.1) is 0 Å². The van der Waals surface area contributed by atoms with Crippen LogP contribution in [0.1, 0.15) is 5.69 Å². The molecule has 0 fully saturated rings. The summed E-state index contributed by atoms with van der Waals surface area (Å²) in [7, 11) is 2.90. The highest BCUT2D eigenvalue weighted by Gasteiger charge is 2.18. The number of carbonyl (C=O) groups is 1. The molecule has 4 rings (SSSR count). The van der Waals surface area contributed by atoms with Crippen molar-refractivity contribution in [2.45, 2.75) is 6.42 Å². The number of halogens is 1. The smallest absolute Gasteiger partial charge is 0.302 e. The molecule has 0 atom stereocenters. The number of rotatable bonds is 4. The van der Waals surface area contributed by atoms with Crippen LogP contribution in [0.5, 0.6) is 0 Å². The number of hydrogen-bond acceptors (Lipinski definition) is 6. The van der Waals surface area contributed by atoms with E-state index in [-0.39, 0.29) is 23.4 Å². The second-order valence-corrected chi connectivity index (χ2v) is 7.67. The number of nitrogens with zero attached hydrogens (tertiary/aromatic N) is 4. The number of anilines is 1. The van der Waals surface area contributed by atoms with E-state index in [4.69, 9.17) is 11.6 Å². The lowest BCUT2D eigenvalue weighted by Crippen LogP contribution is -2.37. The first-order valence-electron chi connectivity index (χ1n) is 8.49. The molecule has 29 heavy (non-hydrogen) atoms. The monoisotopic (exact) mass is 430 g/mol. The fourth-order valence-electron chi connectivity index (χ4n) is 2.94. The Balaban J connectivity index is 1.56. The molecule has 0 radical (unpaired) electrons.